The number of para-hydroxylation sites is 2. The zero-order valence-corrected chi connectivity index (χ0v) is 12.8. The van der Waals surface area contributed by atoms with Crippen LogP contribution in [0.25, 0.3) is 0 Å². The summed E-state index contributed by atoms with van der Waals surface area (Å²) in [5, 5.41) is 25.4. The molecule has 0 bridgehead atoms. The number of amides is 1. The molecule has 0 saturated carbocycles. The van der Waals surface area contributed by atoms with Crippen molar-refractivity contribution < 1.29 is 9.72 Å². The number of rotatable bonds is 5. The molecule has 0 saturated heterocycles. The number of benzene rings is 1. The van der Waals surface area contributed by atoms with Gasteiger partial charge in [0.2, 0.25) is 0 Å². The van der Waals surface area contributed by atoms with Crippen LogP contribution >= 0.6 is 11.6 Å². The molecule has 0 aliphatic rings. The summed E-state index contributed by atoms with van der Waals surface area (Å²) >= 11 is 5.80. The molecular formula is C15H10ClN5O3. The molecular weight excluding hydrogens is 334 g/mol. The first-order valence-electron chi connectivity index (χ1n) is 6.54. The van der Waals surface area contributed by atoms with Crippen molar-refractivity contribution in [2.45, 2.75) is 0 Å². The van der Waals surface area contributed by atoms with E-state index in [0.29, 0.717) is 10.8 Å². The number of hydrogen-bond acceptors (Lipinski definition) is 6. The average Bonchev–Trinajstić information content (AvgIpc) is 2.55. The highest BCUT2D eigenvalue weighted by atomic mass is 35.5. The van der Waals surface area contributed by atoms with E-state index in [1.165, 1.54) is 36.5 Å². The highest BCUT2D eigenvalue weighted by Crippen LogP contribution is 2.23. The van der Waals surface area contributed by atoms with Gasteiger partial charge >= 0.3 is 0 Å². The van der Waals surface area contributed by atoms with Crippen LogP contribution in [0.3, 0.4) is 0 Å². The minimum absolute atomic E-state index is 0.00506. The molecule has 1 aromatic carbocycles. The summed E-state index contributed by atoms with van der Waals surface area (Å²) in [5.41, 5.74) is -0.558. The van der Waals surface area contributed by atoms with Crippen LogP contribution in [0.1, 0.15) is 0 Å². The van der Waals surface area contributed by atoms with Crippen molar-refractivity contribution in [1.82, 2.24) is 4.98 Å². The van der Waals surface area contributed by atoms with Gasteiger partial charge in [-0.1, -0.05) is 23.7 Å². The molecule has 1 amide bonds. The Labute approximate surface area is 141 Å². The van der Waals surface area contributed by atoms with Crippen LogP contribution in [-0.2, 0) is 4.79 Å². The molecule has 1 heterocycles. The molecule has 8 nitrogen and oxygen atoms in total. The molecule has 0 aliphatic carbocycles. The molecule has 0 radical (unpaired) electrons. The molecule has 0 aliphatic heterocycles. The Morgan fingerprint density at radius 2 is 2.12 bits per heavy atom. The largest absolute Gasteiger partial charge is 0.345 e. The molecule has 2 N–H and O–H groups in total. The van der Waals surface area contributed by atoms with E-state index < -0.39 is 10.8 Å². The van der Waals surface area contributed by atoms with Gasteiger partial charge in [-0.25, -0.2) is 4.98 Å². The highest BCUT2D eigenvalue weighted by Gasteiger charge is 2.17. The van der Waals surface area contributed by atoms with Gasteiger partial charge in [0.15, 0.2) is 0 Å². The summed E-state index contributed by atoms with van der Waals surface area (Å²) < 4.78 is 0. The molecule has 2 rings (SSSR count). The fourth-order valence-electron chi connectivity index (χ4n) is 1.71. The predicted molar refractivity (Wildman–Crippen MR) is 88.3 cm³/mol. The minimum atomic E-state index is -0.790. The minimum Gasteiger partial charge on any atom is -0.345 e. The summed E-state index contributed by atoms with van der Waals surface area (Å²) in [5.74, 6) is -0.449. The van der Waals surface area contributed by atoms with Crippen LogP contribution in [0.4, 0.5) is 17.2 Å². The number of aromatic nitrogens is 1. The van der Waals surface area contributed by atoms with Gasteiger partial charge in [0.1, 0.15) is 23.1 Å². The SMILES string of the molecule is N#C/C(=C/Nc1cc(Cl)ccn1)C(=O)Nc1ccccc1[N+](=O)[O-]. The van der Waals surface area contributed by atoms with Gasteiger partial charge in [-0.3, -0.25) is 14.9 Å². The second kappa shape index (κ2) is 7.71. The monoisotopic (exact) mass is 343 g/mol. The lowest BCUT2D eigenvalue weighted by Gasteiger charge is -2.05. The second-order valence-corrected chi connectivity index (χ2v) is 4.84. The van der Waals surface area contributed by atoms with Gasteiger partial charge in [-0.05, 0) is 18.2 Å². The van der Waals surface area contributed by atoms with Gasteiger partial charge < -0.3 is 10.6 Å². The molecule has 0 spiro atoms. The Bertz CT molecular complexity index is 860. The standard InChI is InChI=1S/C15H10ClN5O3/c16-11-5-6-18-14(7-11)19-9-10(8-17)15(22)20-12-3-1-2-4-13(12)21(23)24/h1-7,9H,(H,18,19)(H,20,22)/b10-9-. The number of carbonyl (C=O) groups excluding carboxylic acids is 1. The number of anilines is 2. The van der Waals surface area contributed by atoms with Gasteiger partial charge in [-0.15, -0.1) is 0 Å². The maximum absolute atomic E-state index is 12.1. The van der Waals surface area contributed by atoms with E-state index >= 15 is 0 Å². The van der Waals surface area contributed by atoms with Crippen molar-refractivity contribution in [3.8, 4) is 6.07 Å². The molecule has 1 aromatic heterocycles. The maximum atomic E-state index is 12.1. The Balaban J connectivity index is 2.16. The van der Waals surface area contributed by atoms with Crippen LogP contribution in [-0.4, -0.2) is 15.8 Å². The quantitative estimate of drug-likeness (QED) is 0.372. The van der Waals surface area contributed by atoms with E-state index in [4.69, 9.17) is 16.9 Å². The third-order valence-corrected chi connectivity index (χ3v) is 3.04. The number of nitrogens with one attached hydrogen (secondary N) is 2. The molecule has 9 heteroatoms. The van der Waals surface area contributed by atoms with Crippen LogP contribution in [0.2, 0.25) is 5.02 Å². The Morgan fingerprint density at radius 3 is 2.79 bits per heavy atom. The fraction of sp³-hybridized carbons (Fsp3) is 0. The van der Waals surface area contributed by atoms with Crippen molar-refractivity contribution in [2.75, 3.05) is 10.6 Å². The Hall–Kier alpha value is -3.44. The molecule has 2 aromatic rings. The van der Waals surface area contributed by atoms with Crippen molar-refractivity contribution in [3.63, 3.8) is 0 Å². The van der Waals surface area contributed by atoms with Crippen molar-refractivity contribution in [1.29, 1.82) is 5.26 Å². The predicted octanol–water partition coefficient (Wildman–Crippen LogP) is 3.10. The second-order valence-electron chi connectivity index (χ2n) is 4.40. The van der Waals surface area contributed by atoms with E-state index in [9.17, 15) is 14.9 Å². The van der Waals surface area contributed by atoms with E-state index in [2.05, 4.69) is 15.6 Å². The lowest BCUT2D eigenvalue weighted by atomic mass is 10.2. The molecule has 0 fully saturated rings. The third-order valence-electron chi connectivity index (χ3n) is 2.80. The van der Waals surface area contributed by atoms with Crippen LogP contribution < -0.4 is 10.6 Å². The first-order valence-corrected chi connectivity index (χ1v) is 6.92. The number of nitrogens with zero attached hydrogens (tertiary/aromatic N) is 3. The topological polar surface area (TPSA) is 121 Å². The smallest absolute Gasteiger partial charge is 0.292 e. The maximum Gasteiger partial charge on any atom is 0.292 e. The Kier molecular flexibility index (Phi) is 5.44. The molecule has 0 unspecified atom stereocenters. The summed E-state index contributed by atoms with van der Waals surface area (Å²) in [7, 11) is 0. The van der Waals surface area contributed by atoms with E-state index in [-0.39, 0.29) is 16.9 Å². The number of halogens is 1. The highest BCUT2D eigenvalue weighted by molar-refractivity contribution is 6.30. The number of hydrogen-bond donors (Lipinski definition) is 2. The number of nitro benzene ring substituents is 1. The van der Waals surface area contributed by atoms with Gasteiger partial charge in [0, 0.05) is 23.5 Å². The fourth-order valence-corrected chi connectivity index (χ4v) is 1.87. The summed E-state index contributed by atoms with van der Waals surface area (Å²) in [4.78, 5) is 26.4. The summed E-state index contributed by atoms with van der Waals surface area (Å²) in [6.45, 7) is 0. The number of nitriles is 1. The lowest BCUT2D eigenvalue weighted by Crippen LogP contribution is -2.15. The molecule has 120 valence electrons. The number of nitro groups is 1. The normalized spacial score (nSPS) is 10.6. The van der Waals surface area contributed by atoms with Gasteiger partial charge in [-0.2, -0.15) is 5.26 Å². The molecule has 24 heavy (non-hydrogen) atoms. The van der Waals surface area contributed by atoms with Crippen LogP contribution in [0.15, 0.2) is 54.4 Å². The van der Waals surface area contributed by atoms with E-state index in [0.717, 1.165) is 6.20 Å². The van der Waals surface area contributed by atoms with Crippen molar-refractivity contribution in [2.24, 2.45) is 0 Å². The zero-order chi connectivity index (χ0) is 17.5. The van der Waals surface area contributed by atoms with Crippen LogP contribution in [0.5, 0.6) is 0 Å². The first-order chi connectivity index (χ1) is 11.5. The van der Waals surface area contributed by atoms with Gasteiger partial charge in [0.05, 0.1) is 4.92 Å². The number of pyridine rings is 1. The zero-order valence-electron chi connectivity index (χ0n) is 12.1. The first kappa shape index (κ1) is 16.9. The Morgan fingerprint density at radius 1 is 1.38 bits per heavy atom. The lowest BCUT2D eigenvalue weighted by molar-refractivity contribution is -0.383. The van der Waals surface area contributed by atoms with Crippen molar-refractivity contribution >= 4 is 34.7 Å². The average molecular weight is 344 g/mol. The third kappa shape index (κ3) is 4.28. The molecule has 0 atom stereocenters. The summed E-state index contributed by atoms with van der Waals surface area (Å²) in [6.07, 6.45) is 2.60. The number of carbonyl (C=O) groups is 1. The summed E-state index contributed by atoms with van der Waals surface area (Å²) in [6, 6.07) is 10.4. The van der Waals surface area contributed by atoms with E-state index in [1.807, 2.05) is 0 Å². The van der Waals surface area contributed by atoms with Gasteiger partial charge in [0.25, 0.3) is 11.6 Å². The van der Waals surface area contributed by atoms with Crippen molar-refractivity contribution in [3.05, 3.63) is 69.5 Å². The van der Waals surface area contributed by atoms with Crippen LogP contribution in [0, 0.1) is 21.4 Å². The van der Waals surface area contributed by atoms with E-state index in [1.54, 1.807) is 12.1 Å².